The van der Waals surface area contributed by atoms with Crippen molar-refractivity contribution in [3.8, 4) is 0 Å². The SMILES string of the molecule is C=C[C@@H]1C[C@H](C=C)[C@H](C(=O)OCC)[C@@H]1NC(=O)c1ccccc1. The third-order valence-electron chi connectivity index (χ3n) is 4.35. The van der Waals surface area contributed by atoms with Gasteiger partial charge in [0.1, 0.15) is 0 Å². The summed E-state index contributed by atoms with van der Waals surface area (Å²) < 4.78 is 5.20. The average molecular weight is 313 g/mol. The molecule has 122 valence electrons. The topological polar surface area (TPSA) is 55.4 Å². The van der Waals surface area contributed by atoms with Gasteiger partial charge in [-0.3, -0.25) is 9.59 Å². The van der Waals surface area contributed by atoms with Crippen molar-refractivity contribution in [3.63, 3.8) is 0 Å². The van der Waals surface area contributed by atoms with Crippen molar-refractivity contribution >= 4 is 11.9 Å². The molecule has 1 saturated carbocycles. The number of ether oxygens (including phenoxy) is 1. The number of hydrogen-bond donors (Lipinski definition) is 1. The molecule has 1 aromatic carbocycles. The van der Waals surface area contributed by atoms with E-state index in [9.17, 15) is 9.59 Å². The molecule has 2 rings (SSSR count). The second kappa shape index (κ2) is 7.77. The molecule has 0 spiro atoms. The second-order valence-electron chi connectivity index (χ2n) is 5.68. The number of esters is 1. The minimum absolute atomic E-state index is 0.0140. The van der Waals surface area contributed by atoms with Gasteiger partial charge in [0, 0.05) is 11.6 Å². The second-order valence-corrected chi connectivity index (χ2v) is 5.68. The summed E-state index contributed by atoms with van der Waals surface area (Å²) in [6.07, 6.45) is 4.30. The Bertz CT molecular complexity index is 582. The van der Waals surface area contributed by atoms with Crippen molar-refractivity contribution in [3.05, 3.63) is 61.2 Å². The van der Waals surface area contributed by atoms with Crippen LogP contribution in [-0.2, 0) is 9.53 Å². The Morgan fingerprint density at radius 1 is 1.22 bits per heavy atom. The van der Waals surface area contributed by atoms with E-state index in [4.69, 9.17) is 4.74 Å². The van der Waals surface area contributed by atoms with E-state index in [0.717, 1.165) is 6.42 Å². The maximum Gasteiger partial charge on any atom is 0.311 e. The summed E-state index contributed by atoms with van der Waals surface area (Å²) in [4.78, 5) is 24.8. The number of nitrogens with one attached hydrogen (secondary N) is 1. The van der Waals surface area contributed by atoms with E-state index in [2.05, 4.69) is 18.5 Å². The highest BCUT2D eigenvalue weighted by Gasteiger charge is 2.46. The number of amides is 1. The molecule has 0 aromatic heterocycles. The van der Waals surface area contributed by atoms with Crippen LogP contribution >= 0.6 is 0 Å². The molecule has 1 aromatic rings. The van der Waals surface area contributed by atoms with Crippen LogP contribution in [0.5, 0.6) is 0 Å². The van der Waals surface area contributed by atoms with Gasteiger partial charge in [-0.05, 0) is 37.3 Å². The quantitative estimate of drug-likeness (QED) is 0.649. The number of benzene rings is 1. The molecule has 1 fully saturated rings. The normalized spacial score (nSPS) is 26.3. The third-order valence-corrected chi connectivity index (χ3v) is 4.35. The van der Waals surface area contributed by atoms with E-state index < -0.39 is 5.92 Å². The lowest BCUT2D eigenvalue weighted by Gasteiger charge is -2.24. The van der Waals surface area contributed by atoms with Crippen molar-refractivity contribution < 1.29 is 14.3 Å². The lowest BCUT2D eigenvalue weighted by molar-refractivity contribution is -0.149. The van der Waals surface area contributed by atoms with Gasteiger partial charge in [-0.25, -0.2) is 0 Å². The molecule has 0 bridgehead atoms. The lowest BCUT2D eigenvalue weighted by Crippen LogP contribution is -2.45. The van der Waals surface area contributed by atoms with E-state index in [1.165, 1.54) is 0 Å². The molecule has 1 amide bonds. The molecule has 0 heterocycles. The van der Waals surface area contributed by atoms with Crippen molar-refractivity contribution in [2.45, 2.75) is 19.4 Å². The molecule has 0 radical (unpaired) electrons. The minimum atomic E-state index is -0.428. The summed E-state index contributed by atoms with van der Waals surface area (Å²) in [6, 6.07) is 8.64. The molecule has 0 saturated heterocycles. The first-order chi connectivity index (χ1) is 11.1. The van der Waals surface area contributed by atoms with Crippen LogP contribution in [0.4, 0.5) is 0 Å². The largest absolute Gasteiger partial charge is 0.466 e. The van der Waals surface area contributed by atoms with Gasteiger partial charge >= 0.3 is 5.97 Å². The highest BCUT2D eigenvalue weighted by molar-refractivity contribution is 5.94. The highest BCUT2D eigenvalue weighted by atomic mass is 16.5. The van der Waals surface area contributed by atoms with Crippen LogP contribution in [0.1, 0.15) is 23.7 Å². The molecular formula is C19H23NO3. The molecule has 0 aliphatic heterocycles. The summed E-state index contributed by atoms with van der Waals surface area (Å²) in [6.45, 7) is 9.76. The Morgan fingerprint density at radius 3 is 2.43 bits per heavy atom. The first kappa shape index (κ1) is 17.0. The van der Waals surface area contributed by atoms with E-state index in [0.29, 0.717) is 12.2 Å². The monoisotopic (exact) mass is 313 g/mol. The fourth-order valence-corrected chi connectivity index (χ4v) is 3.21. The molecule has 23 heavy (non-hydrogen) atoms. The zero-order chi connectivity index (χ0) is 16.8. The Kier molecular flexibility index (Phi) is 5.74. The van der Waals surface area contributed by atoms with Crippen molar-refractivity contribution in [2.75, 3.05) is 6.61 Å². The zero-order valence-electron chi connectivity index (χ0n) is 13.4. The van der Waals surface area contributed by atoms with Crippen LogP contribution in [0.3, 0.4) is 0 Å². The minimum Gasteiger partial charge on any atom is -0.466 e. The maximum absolute atomic E-state index is 12.5. The maximum atomic E-state index is 12.5. The fraction of sp³-hybridized carbons (Fsp3) is 0.368. The standard InChI is InChI=1S/C19H23NO3/c1-4-13-12-14(5-2)17(16(13)19(22)23-6-3)20-18(21)15-10-8-7-9-11-15/h4-5,7-11,13-14,16-17H,1-2,6,12H2,3H3,(H,20,21)/t13-,14+,16-,17+/m0/s1. The van der Waals surface area contributed by atoms with Gasteiger partial charge in [-0.2, -0.15) is 0 Å². The van der Waals surface area contributed by atoms with Crippen LogP contribution in [0.2, 0.25) is 0 Å². The van der Waals surface area contributed by atoms with Crippen molar-refractivity contribution in [1.82, 2.24) is 5.32 Å². The molecule has 0 unspecified atom stereocenters. The van der Waals surface area contributed by atoms with E-state index >= 15 is 0 Å². The first-order valence-electron chi connectivity index (χ1n) is 7.90. The van der Waals surface area contributed by atoms with E-state index in [1.807, 2.05) is 18.2 Å². The van der Waals surface area contributed by atoms with Gasteiger partial charge in [0.05, 0.1) is 12.5 Å². The van der Waals surface area contributed by atoms with Crippen molar-refractivity contribution in [2.24, 2.45) is 17.8 Å². The summed E-state index contributed by atoms with van der Waals surface area (Å²) in [7, 11) is 0. The fourth-order valence-electron chi connectivity index (χ4n) is 3.21. The van der Waals surface area contributed by atoms with Crippen LogP contribution in [0.25, 0.3) is 0 Å². The number of hydrogen-bond acceptors (Lipinski definition) is 3. The van der Waals surface area contributed by atoms with E-state index in [-0.39, 0.29) is 29.8 Å². The summed E-state index contributed by atoms with van der Waals surface area (Å²) in [5.74, 6) is -0.928. The number of rotatable bonds is 6. The Labute approximate surface area is 137 Å². The molecule has 4 nitrogen and oxygen atoms in total. The molecule has 1 N–H and O–H groups in total. The molecule has 1 aliphatic rings. The van der Waals surface area contributed by atoms with Gasteiger partial charge < -0.3 is 10.1 Å². The smallest absolute Gasteiger partial charge is 0.311 e. The predicted octanol–water partition coefficient (Wildman–Crippen LogP) is 2.97. The Hall–Kier alpha value is -2.36. The number of allylic oxidation sites excluding steroid dienone is 1. The summed E-state index contributed by atoms with van der Waals surface area (Å²) in [5, 5.41) is 2.99. The lowest BCUT2D eigenvalue weighted by atomic mass is 9.92. The van der Waals surface area contributed by atoms with Gasteiger partial charge in [0.15, 0.2) is 0 Å². The third kappa shape index (κ3) is 3.70. The van der Waals surface area contributed by atoms with Crippen molar-refractivity contribution in [1.29, 1.82) is 0 Å². The molecule has 4 heteroatoms. The highest BCUT2D eigenvalue weighted by Crippen LogP contribution is 2.39. The molecule has 4 atom stereocenters. The van der Waals surface area contributed by atoms with Crippen LogP contribution in [-0.4, -0.2) is 24.5 Å². The van der Waals surface area contributed by atoms with Crippen LogP contribution < -0.4 is 5.32 Å². The number of carbonyl (C=O) groups is 2. The van der Waals surface area contributed by atoms with Gasteiger partial charge in [0.2, 0.25) is 0 Å². The molecular weight excluding hydrogens is 290 g/mol. The van der Waals surface area contributed by atoms with Crippen LogP contribution in [0, 0.1) is 17.8 Å². The van der Waals surface area contributed by atoms with Gasteiger partial charge in [-0.1, -0.05) is 30.4 Å². The summed E-state index contributed by atoms with van der Waals surface area (Å²) >= 11 is 0. The predicted molar refractivity (Wildman–Crippen MR) is 89.8 cm³/mol. The number of carbonyl (C=O) groups excluding carboxylic acids is 2. The molecule has 1 aliphatic carbocycles. The average Bonchev–Trinajstić information content (AvgIpc) is 2.93. The first-order valence-corrected chi connectivity index (χ1v) is 7.90. The van der Waals surface area contributed by atoms with Gasteiger partial charge in [-0.15, -0.1) is 13.2 Å². The van der Waals surface area contributed by atoms with E-state index in [1.54, 1.807) is 31.2 Å². The van der Waals surface area contributed by atoms with Gasteiger partial charge in [0.25, 0.3) is 5.91 Å². The Balaban J connectivity index is 2.23. The van der Waals surface area contributed by atoms with Crippen LogP contribution in [0.15, 0.2) is 55.6 Å². The summed E-state index contributed by atoms with van der Waals surface area (Å²) in [5.41, 5.74) is 0.569. The zero-order valence-corrected chi connectivity index (χ0v) is 13.4. The Morgan fingerprint density at radius 2 is 1.87 bits per heavy atom.